The summed E-state index contributed by atoms with van der Waals surface area (Å²) in [6.07, 6.45) is 0.974. The highest BCUT2D eigenvalue weighted by molar-refractivity contribution is 7.92. The van der Waals surface area contributed by atoms with Crippen molar-refractivity contribution >= 4 is 50.7 Å². The van der Waals surface area contributed by atoms with Crippen molar-refractivity contribution in [2.75, 3.05) is 37.9 Å². The number of nitrogens with one attached hydrogen (secondary N) is 1. The maximum absolute atomic E-state index is 13.6. The van der Waals surface area contributed by atoms with Gasteiger partial charge in [0.05, 0.1) is 26.2 Å². The lowest BCUT2D eigenvalue weighted by molar-refractivity contribution is -0.139. The van der Waals surface area contributed by atoms with Gasteiger partial charge >= 0.3 is 0 Å². The quantitative estimate of drug-likeness (QED) is 0.464. The molecule has 2 aromatic carbocycles. The van der Waals surface area contributed by atoms with Gasteiger partial charge in [0.1, 0.15) is 24.1 Å². The Bertz CT molecular complexity index is 1160. The van der Waals surface area contributed by atoms with Gasteiger partial charge < -0.3 is 19.7 Å². The van der Waals surface area contributed by atoms with Gasteiger partial charge in [-0.25, -0.2) is 8.42 Å². The zero-order valence-corrected chi connectivity index (χ0v) is 22.5. The predicted octanol–water partition coefficient (Wildman–Crippen LogP) is 3.33. The monoisotopic (exact) mass is 545 g/mol. The zero-order chi connectivity index (χ0) is 26.3. The SMILES string of the molecule is CCNC(=O)[C@H](C)N(Cc1c(Cl)cccc1Cl)C(=O)CN(c1cc(OC)ccc1OC)S(C)(=O)=O. The Hall–Kier alpha value is -2.69. The number of carbonyl (C=O) groups is 2. The van der Waals surface area contributed by atoms with Crippen LogP contribution in [0.15, 0.2) is 36.4 Å². The fourth-order valence-electron chi connectivity index (χ4n) is 3.34. The molecule has 2 aromatic rings. The molecule has 12 heteroatoms. The lowest BCUT2D eigenvalue weighted by Gasteiger charge is -2.32. The number of benzene rings is 2. The number of carbonyl (C=O) groups excluding carboxylic acids is 2. The van der Waals surface area contributed by atoms with Crippen molar-refractivity contribution in [1.82, 2.24) is 10.2 Å². The van der Waals surface area contributed by atoms with Crippen molar-refractivity contribution in [3.63, 3.8) is 0 Å². The minimum Gasteiger partial charge on any atom is -0.497 e. The van der Waals surface area contributed by atoms with Gasteiger partial charge in [-0.05, 0) is 38.1 Å². The summed E-state index contributed by atoms with van der Waals surface area (Å²) in [7, 11) is -1.13. The Morgan fingerprint density at radius 2 is 1.71 bits per heavy atom. The molecule has 0 aliphatic heterocycles. The van der Waals surface area contributed by atoms with E-state index in [0.717, 1.165) is 10.6 Å². The fraction of sp³-hybridized carbons (Fsp3) is 0.391. The highest BCUT2D eigenvalue weighted by atomic mass is 35.5. The number of hydrogen-bond acceptors (Lipinski definition) is 6. The van der Waals surface area contributed by atoms with Crippen LogP contribution in [0.2, 0.25) is 10.0 Å². The van der Waals surface area contributed by atoms with Gasteiger partial charge in [-0.2, -0.15) is 0 Å². The van der Waals surface area contributed by atoms with E-state index in [9.17, 15) is 18.0 Å². The second-order valence-electron chi connectivity index (χ2n) is 7.60. The molecule has 0 spiro atoms. The first-order chi connectivity index (χ1) is 16.4. The molecule has 192 valence electrons. The van der Waals surface area contributed by atoms with Crippen molar-refractivity contribution in [1.29, 1.82) is 0 Å². The fourth-order valence-corrected chi connectivity index (χ4v) is 4.71. The second-order valence-corrected chi connectivity index (χ2v) is 10.3. The summed E-state index contributed by atoms with van der Waals surface area (Å²) in [5.74, 6) is -0.456. The van der Waals surface area contributed by atoms with Crippen LogP contribution < -0.4 is 19.1 Å². The molecule has 0 saturated heterocycles. The largest absolute Gasteiger partial charge is 0.497 e. The van der Waals surface area contributed by atoms with Crippen LogP contribution >= 0.6 is 23.2 Å². The highest BCUT2D eigenvalue weighted by Crippen LogP contribution is 2.34. The molecule has 0 unspecified atom stereocenters. The summed E-state index contributed by atoms with van der Waals surface area (Å²) in [6.45, 7) is 2.94. The van der Waals surface area contributed by atoms with Gasteiger partial charge in [0.25, 0.3) is 0 Å². The summed E-state index contributed by atoms with van der Waals surface area (Å²) in [6, 6.07) is 8.55. The molecule has 35 heavy (non-hydrogen) atoms. The average molecular weight is 546 g/mol. The van der Waals surface area contributed by atoms with Crippen LogP contribution in [0, 0.1) is 0 Å². The Labute approximate surface area is 215 Å². The van der Waals surface area contributed by atoms with Crippen molar-refractivity contribution in [3.8, 4) is 11.5 Å². The van der Waals surface area contributed by atoms with Gasteiger partial charge in [-0.3, -0.25) is 13.9 Å². The minimum atomic E-state index is -3.95. The summed E-state index contributed by atoms with van der Waals surface area (Å²) >= 11 is 12.6. The standard InChI is InChI=1S/C23H29Cl2N3O6S/c1-6-26-23(30)15(2)27(13-17-18(24)8-7-9-19(17)25)22(29)14-28(35(5,31)32)20-12-16(33-3)10-11-21(20)34-4/h7-12,15H,6,13-14H2,1-5H3,(H,26,30)/t15-/m0/s1. The topological polar surface area (TPSA) is 105 Å². The number of nitrogens with zero attached hydrogens (tertiary/aromatic N) is 2. The van der Waals surface area contributed by atoms with Crippen molar-refractivity contribution in [3.05, 3.63) is 52.0 Å². The number of rotatable bonds is 11. The van der Waals surface area contributed by atoms with E-state index < -0.39 is 34.4 Å². The summed E-state index contributed by atoms with van der Waals surface area (Å²) in [4.78, 5) is 27.5. The number of ether oxygens (including phenoxy) is 2. The number of sulfonamides is 1. The Morgan fingerprint density at radius 3 is 2.23 bits per heavy atom. The normalized spacial score (nSPS) is 12.0. The van der Waals surface area contributed by atoms with Crippen LogP contribution in [0.25, 0.3) is 0 Å². The van der Waals surface area contributed by atoms with Crippen LogP contribution in [0.4, 0.5) is 5.69 Å². The maximum Gasteiger partial charge on any atom is 0.244 e. The molecule has 2 rings (SSSR count). The van der Waals surface area contributed by atoms with E-state index >= 15 is 0 Å². The van der Waals surface area contributed by atoms with E-state index in [0.29, 0.717) is 27.9 Å². The number of likely N-dealkylation sites (N-methyl/N-ethyl adjacent to an activating group) is 1. The van der Waals surface area contributed by atoms with E-state index in [1.165, 1.54) is 31.3 Å². The molecule has 9 nitrogen and oxygen atoms in total. The van der Waals surface area contributed by atoms with Crippen molar-refractivity contribution in [2.45, 2.75) is 26.4 Å². The van der Waals surface area contributed by atoms with E-state index in [2.05, 4.69) is 5.32 Å². The molecule has 2 amide bonds. The molecule has 1 atom stereocenters. The van der Waals surface area contributed by atoms with Crippen LogP contribution in [0.5, 0.6) is 11.5 Å². The second kappa shape index (κ2) is 12.3. The summed E-state index contributed by atoms with van der Waals surface area (Å²) in [5, 5.41) is 3.30. The van der Waals surface area contributed by atoms with Gasteiger partial charge in [-0.1, -0.05) is 29.3 Å². The molecular weight excluding hydrogens is 517 g/mol. The van der Waals surface area contributed by atoms with Crippen molar-refractivity contribution in [2.24, 2.45) is 0 Å². The molecule has 0 bridgehead atoms. The van der Waals surface area contributed by atoms with E-state index in [4.69, 9.17) is 32.7 Å². The third kappa shape index (κ3) is 7.16. The Balaban J connectivity index is 2.53. The minimum absolute atomic E-state index is 0.109. The van der Waals surface area contributed by atoms with Crippen LogP contribution in [-0.2, 0) is 26.2 Å². The van der Waals surface area contributed by atoms with Crippen molar-refractivity contribution < 1.29 is 27.5 Å². The summed E-state index contributed by atoms with van der Waals surface area (Å²) in [5.41, 5.74) is 0.550. The highest BCUT2D eigenvalue weighted by Gasteiger charge is 2.32. The van der Waals surface area contributed by atoms with Crippen LogP contribution in [0.3, 0.4) is 0 Å². The first kappa shape index (κ1) is 28.5. The molecule has 0 fully saturated rings. The Morgan fingerprint density at radius 1 is 1.09 bits per heavy atom. The lowest BCUT2D eigenvalue weighted by Crippen LogP contribution is -2.51. The molecular formula is C23H29Cl2N3O6S. The third-order valence-corrected chi connectivity index (χ3v) is 7.08. The van der Waals surface area contributed by atoms with Crippen LogP contribution in [0.1, 0.15) is 19.4 Å². The molecule has 0 aliphatic rings. The number of methoxy groups -OCH3 is 2. The molecule has 0 radical (unpaired) electrons. The number of hydrogen-bond donors (Lipinski definition) is 1. The Kier molecular flexibility index (Phi) is 10.1. The van der Waals surface area contributed by atoms with E-state index in [1.807, 2.05) is 0 Å². The maximum atomic E-state index is 13.6. The van der Waals surface area contributed by atoms with Gasteiger partial charge in [-0.15, -0.1) is 0 Å². The smallest absolute Gasteiger partial charge is 0.244 e. The zero-order valence-electron chi connectivity index (χ0n) is 20.2. The molecule has 1 N–H and O–H groups in total. The first-order valence-electron chi connectivity index (χ1n) is 10.6. The molecule has 0 heterocycles. The van der Waals surface area contributed by atoms with Gasteiger partial charge in [0.2, 0.25) is 21.8 Å². The van der Waals surface area contributed by atoms with Gasteiger partial charge in [0, 0.05) is 34.8 Å². The number of amides is 2. The predicted molar refractivity (Wildman–Crippen MR) is 137 cm³/mol. The van der Waals surface area contributed by atoms with Crippen LogP contribution in [-0.4, -0.2) is 64.7 Å². The number of halogens is 2. The van der Waals surface area contributed by atoms with E-state index in [-0.39, 0.29) is 18.0 Å². The summed E-state index contributed by atoms with van der Waals surface area (Å²) < 4.78 is 37.0. The first-order valence-corrected chi connectivity index (χ1v) is 13.2. The third-order valence-electron chi connectivity index (χ3n) is 5.24. The van der Waals surface area contributed by atoms with E-state index in [1.54, 1.807) is 38.1 Å². The average Bonchev–Trinajstić information content (AvgIpc) is 2.80. The molecule has 0 aliphatic carbocycles. The van der Waals surface area contributed by atoms with Gasteiger partial charge in [0.15, 0.2) is 0 Å². The molecule has 0 aromatic heterocycles. The number of anilines is 1. The lowest BCUT2D eigenvalue weighted by atomic mass is 10.1. The molecule has 0 saturated carbocycles.